The lowest BCUT2D eigenvalue weighted by molar-refractivity contribution is 0.0940. The summed E-state index contributed by atoms with van der Waals surface area (Å²) in [6.07, 6.45) is 2.70. The number of benzene rings is 1. The van der Waals surface area contributed by atoms with E-state index in [4.69, 9.17) is 0 Å². The summed E-state index contributed by atoms with van der Waals surface area (Å²) in [5, 5.41) is 4.02. The molecule has 0 unspecified atom stereocenters. The van der Waals surface area contributed by atoms with Gasteiger partial charge in [0, 0.05) is 30.7 Å². The van der Waals surface area contributed by atoms with E-state index in [-0.39, 0.29) is 11.9 Å². The lowest BCUT2D eigenvalue weighted by atomic mass is 10.2. The zero-order valence-corrected chi connectivity index (χ0v) is 13.8. The maximum Gasteiger partial charge on any atom is 0.263 e. The van der Waals surface area contributed by atoms with Crippen LogP contribution in [-0.4, -0.2) is 41.0 Å². The highest BCUT2D eigenvalue weighted by Crippen LogP contribution is 2.25. The Morgan fingerprint density at radius 3 is 2.82 bits per heavy atom. The number of hydrogen-bond acceptors (Lipinski definition) is 4. The van der Waals surface area contributed by atoms with Crippen LogP contribution in [0, 0.1) is 0 Å². The molecule has 1 fully saturated rings. The van der Waals surface area contributed by atoms with Crippen molar-refractivity contribution in [3.63, 3.8) is 0 Å². The van der Waals surface area contributed by atoms with E-state index in [0.29, 0.717) is 10.9 Å². The summed E-state index contributed by atoms with van der Waals surface area (Å²) in [4.78, 5) is 19.8. The average Bonchev–Trinajstić information content (AvgIpc) is 3.17. The molecular weight excluding hydrogens is 294 g/mol. The van der Waals surface area contributed by atoms with E-state index in [1.54, 1.807) is 6.20 Å². The summed E-state index contributed by atoms with van der Waals surface area (Å²) in [6.45, 7) is 6.38. The summed E-state index contributed by atoms with van der Waals surface area (Å²) in [7, 11) is 0. The molecule has 2 heterocycles. The van der Waals surface area contributed by atoms with Gasteiger partial charge in [-0.2, -0.15) is 0 Å². The highest BCUT2D eigenvalue weighted by atomic mass is 32.1. The number of amides is 1. The Bertz CT molecular complexity index is 638. The minimum atomic E-state index is -0.00436. The van der Waals surface area contributed by atoms with Crippen molar-refractivity contribution in [1.82, 2.24) is 15.2 Å². The van der Waals surface area contributed by atoms with Gasteiger partial charge in [-0.15, -0.1) is 11.3 Å². The van der Waals surface area contributed by atoms with Crippen molar-refractivity contribution >= 4 is 17.2 Å². The van der Waals surface area contributed by atoms with Crippen molar-refractivity contribution < 1.29 is 4.79 Å². The number of hydrogen-bond donors (Lipinski definition) is 1. The van der Waals surface area contributed by atoms with Gasteiger partial charge >= 0.3 is 0 Å². The number of likely N-dealkylation sites (tertiary alicyclic amines) is 1. The number of thiazole rings is 1. The minimum absolute atomic E-state index is 0.00436. The highest BCUT2D eigenvalue weighted by Gasteiger charge is 2.26. The van der Waals surface area contributed by atoms with Crippen LogP contribution in [0.2, 0.25) is 0 Å². The quantitative estimate of drug-likeness (QED) is 0.943. The number of carbonyl (C=O) groups is 1. The zero-order chi connectivity index (χ0) is 15.5. The number of rotatable bonds is 4. The summed E-state index contributed by atoms with van der Waals surface area (Å²) < 4.78 is 0. The van der Waals surface area contributed by atoms with E-state index in [9.17, 15) is 4.79 Å². The summed E-state index contributed by atoms with van der Waals surface area (Å²) in [6, 6.07) is 10.7. The second-order valence-electron chi connectivity index (χ2n) is 5.94. The van der Waals surface area contributed by atoms with Crippen LogP contribution in [0.25, 0.3) is 10.6 Å². The molecule has 1 saturated heterocycles. The van der Waals surface area contributed by atoms with E-state index in [0.717, 1.165) is 30.1 Å². The molecule has 1 amide bonds. The lowest BCUT2D eigenvalue weighted by Crippen LogP contribution is -2.38. The van der Waals surface area contributed by atoms with Crippen molar-refractivity contribution in [2.24, 2.45) is 0 Å². The molecule has 1 aliphatic rings. The molecule has 3 rings (SSSR count). The van der Waals surface area contributed by atoms with E-state index in [2.05, 4.69) is 29.0 Å². The van der Waals surface area contributed by atoms with E-state index < -0.39 is 0 Å². The predicted molar refractivity (Wildman–Crippen MR) is 90.1 cm³/mol. The standard InChI is InChI=1S/C17H21N3OS/c1-12(2)20-9-8-14(11-20)19-16(21)15-10-18-17(22-15)13-6-4-3-5-7-13/h3-7,10,12,14H,8-9,11H2,1-2H3,(H,19,21)/t14-/m1/s1. The van der Waals surface area contributed by atoms with Crippen LogP contribution in [0.3, 0.4) is 0 Å². The van der Waals surface area contributed by atoms with Crippen molar-refractivity contribution in [3.8, 4) is 10.6 Å². The van der Waals surface area contributed by atoms with Crippen LogP contribution in [0.15, 0.2) is 36.5 Å². The Morgan fingerprint density at radius 2 is 2.14 bits per heavy atom. The number of aromatic nitrogens is 1. The molecule has 0 aliphatic carbocycles. The Labute approximate surface area is 135 Å². The van der Waals surface area contributed by atoms with Crippen molar-refractivity contribution in [3.05, 3.63) is 41.4 Å². The SMILES string of the molecule is CC(C)N1CC[C@@H](NC(=O)c2cnc(-c3ccccc3)s2)C1. The predicted octanol–water partition coefficient (Wildman–Crippen LogP) is 3.02. The second-order valence-corrected chi connectivity index (χ2v) is 6.97. The normalized spacial score (nSPS) is 18.8. The van der Waals surface area contributed by atoms with Crippen molar-refractivity contribution in [2.75, 3.05) is 13.1 Å². The van der Waals surface area contributed by atoms with Gasteiger partial charge in [0.05, 0.1) is 6.20 Å². The number of nitrogens with one attached hydrogen (secondary N) is 1. The molecule has 22 heavy (non-hydrogen) atoms. The summed E-state index contributed by atoms with van der Waals surface area (Å²) in [5.41, 5.74) is 1.05. The molecular formula is C17H21N3OS. The summed E-state index contributed by atoms with van der Waals surface area (Å²) >= 11 is 1.45. The third-order valence-corrected chi connectivity index (χ3v) is 5.08. The van der Waals surface area contributed by atoms with Gasteiger partial charge in [-0.3, -0.25) is 9.69 Å². The smallest absolute Gasteiger partial charge is 0.263 e. The third kappa shape index (κ3) is 3.36. The minimum Gasteiger partial charge on any atom is -0.347 e. The second kappa shape index (κ2) is 6.58. The molecule has 1 aromatic heterocycles. The first kappa shape index (κ1) is 15.2. The van der Waals surface area contributed by atoms with Gasteiger partial charge in [-0.1, -0.05) is 30.3 Å². The molecule has 0 radical (unpaired) electrons. The first-order valence-electron chi connectivity index (χ1n) is 7.69. The van der Waals surface area contributed by atoms with Gasteiger partial charge in [0.15, 0.2) is 0 Å². The molecule has 1 atom stereocenters. The Hall–Kier alpha value is -1.72. The molecule has 0 bridgehead atoms. The van der Waals surface area contributed by atoms with Crippen molar-refractivity contribution in [1.29, 1.82) is 0 Å². The zero-order valence-electron chi connectivity index (χ0n) is 13.0. The van der Waals surface area contributed by atoms with Crippen LogP contribution in [0.4, 0.5) is 0 Å². The van der Waals surface area contributed by atoms with Crippen LogP contribution < -0.4 is 5.32 Å². The van der Waals surface area contributed by atoms with Crippen molar-refractivity contribution in [2.45, 2.75) is 32.4 Å². The fraction of sp³-hybridized carbons (Fsp3) is 0.412. The van der Waals surface area contributed by atoms with Gasteiger partial charge in [0.25, 0.3) is 5.91 Å². The van der Waals surface area contributed by atoms with E-state index in [1.807, 2.05) is 30.3 Å². The fourth-order valence-corrected chi connectivity index (χ4v) is 3.55. The van der Waals surface area contributed by atoms with Gasteiger partial charge < -0.3 is 5.32 Å². The van der Waals surface area contributed by atoms with Crippen LogP contribution >= 0.6 is 11.3 Å². The monoisotopic (exact) mass is 315 g/mol. The Balaban J connectivity index is 1.63. The lowest BCUT2D eigenvalue weighted by Gasteiger charge is -2.20. The first-order chi connectivity index (χ1) is 10.6. The first-order valence-corrected chi connectivity index (χ1v) is 8.51. The fourth-order valence-electron chi connectivity index (χ4n) is 2.72. The van der Waals surface area contributed by atoms with Gasteiger partial charge in [-0.05, 0) is 20.3 Å². The molecule has 116 valence electrons. The third-order valence-electron chi connectivity index (χ3n) is 4.04. The van der Waals surface area contributed by atoms with E-state index >= 15 is 0 Å². The highest BCUT2D eigenvalue weighted by molar-refractivity contribution is 7.16. The van der Waals surface area contributed by atoms with Crippen LogP contribution in [0.1, 0.15) is 29.9 Å². The van der Waals surface area contributed by atoms with Gasteiger partial charge in [-0.25, -0.2) is 4.98 Å². The Kier molecular flexibility index (Phi) is 4.55. The topological polar surface area (TPSA) is 45.2 Å². The molecule has 4 nitrogen and oxygen atoms in total. The molecule has 0 saturated carbocycles. The molecule has 1 aromatic carbocycles. The largest absolute Gasteiger partial charge is 0.347 e. The molecule has 1 aliphatic heterocycles. The molecule has 0 spiro atoms. The maximum atomic E-state index is 12.4. The number of carbonyl (C=O) groups excluding carboxylic acids is 1. The maximum absolute atomic E-state index is 12.4. The molecule has 2 aromatic rings. The van der Waals surface area contributed by atoms with E-state index in [1.165, 1.54) is 11.3 Å². The Morgan fingerprint density at radius 1 is 1.36 bits per heavy atom. The molecule has 1 N–H and O–H groups in total. The summed E-state index contributed by atoms with van der Waals surface area (Å²) in [5.74, 6) is -0.00436. The number of nitrogens with zero attached hydrogens (tertiary/aromatic N) is 2. The van der Waals surface area contributed by atoms with Crippen LogP contribution in [0.5, 0.6) is 0 Å². The van der Waals surface area contributed by atoms with Gasteiger partial charge in [0.2, 0.25) is 0 Å². The van der Waals surface area contributed by atoms with Gasteiger partial charge in [0.1, 0.15) is 9.88 Å². The van der Waals surface area contributed by atoms with Crippen LogP contribution in [-0.2, 0) is 0 Å². The molecule has 5 heteroatoms. The average molecular weight is 315 g/mol.